The molecule has 2 N–H and O–H groups in total. The van der Waals surface area contributed by atoms with Crippen LogP contribution in [-0.2, 0) is 4.79 Å². The van der Waals surface area contributed by atoms with Crippen molar-refractivity contribution in [1.82, 2.24) is 10.3 Å². The molecule has 6 heteroatoms. The van der Waals surface area contributed by atoms with Crippen molar-refractivity contribution in [1.29, 1.82) is 0 Å². The number of nitrogens with one attached hydrogen (secondary N) is 1. The summed E-state index contributed by atoms with van der Waals surface area (Å²) in [6, 6.07) is 1.72. The van der Waals surface area contributed by atoms with Crippen LogP contribution >= 0.6 is 24.2 Å². The quantitative estimate of drug-likeness (QED) is 0.543. The van der Waals surface area contributed by atoms with Gasteiger partial charge in [0.2, 0.25) is 0 Å². The molecule has 1 aromatic rings. The van der Waals surface area contributed by atoms with Crippen LogP contribution in [0.1, 0.15) is 42.5 Å². The molecule has 2 heterocycles. The van der Waals surface area contributed by atoms with E-state index in [9.17, 15) is 9.90 Å². The third-order valence-electron chi connectivity index (χ3n) is 4.69. The predicted octanol–water partition coefficient (Wildman–Crippen LogP) is 3.36. The summed E-state index contributed by atoms with van der Waals surface area (Å²) in [5.41, 5.74) is 1.89. The van der Waals surface area contributed by atoms with E-state index in [2.05, 4.69) is 22.9 Å². The summed E-state index contributed by atoms with van der Waals surface area (Å²) < 4.78 is 0. The molecule has 0 aromatic carbocycles. The first-order chi connectivity index (χ1) is 10.3. The minimum absolute atomic E-state index is 0.146. The minimum atomic E-state index is -0.635. The van der Waals surface area contributed by atoms with E-state index in [0.717, 1.165) is 18.4 Å². The number of rotatable bonds is 1. The van der Waals surface area contributed by atoms with Crippen LogP contribution in [0.4, 0.5) is 0 Å². The highest BCUT2D eigenvalue weighted by atomic mass is 35.5. The molecule has 1 spiro atoms. The molecule has 4 nitrogen and oxygen atoms in total. The van der Waals surface area contributed by atoms with Gasteiger partial charge in [0.1, 0.15) is 10.9 Å². The van der Waals surface area contributed by atoms with Gasteiger partial charge >= 0.3 is 0 Å². The number of pyridine rings is 1. The Morgan fingerprint density at radius 2 is 2.05 bits per heavy atom. The maximum atomic E-state index is 12.5. The van der Waals surface area contributed by atoms with E-state index in [0.29, 0.717) is 40.1 Å². The van der Waals surface area contributed by atoms with Gasteiger partial charge in [-0.05, 0) is 51.2 Å². The van der Waals surface area contributed by atoms with Gasteiger partial charge in [-0.1, -0.05) is 11.6 Å². The summed E-state index contributed by atoms with van der Waals surface area (Å²) in [6.07, 6.45) is 3.16. The van der Waals surface area contributed by atoms with E-state index in [1.807, 2.05) is 6.92 Å². The number of thiol groups is 1. The van der Waals surface area contributed by atoms with Gasteiger partial charge in [-0.3, -0.25) is 4.79 Å². The zero-order valence-corrected chi connectivity index (χ0v) is 14.3. The second-order valence-electron chi connectivity index (χ2n) is 6.21. The number of carbonyl (C=O) groups is 1. The van der Waals surface area contributed by atoms with Crippen LogP contribution in [0.3, 0.4) is 0 Å². The summed E-state index contributed by atoms with van der Waals surface area (Å²) in [5, 5.41) is 14.5. The number of halogens is 1. The first-order valence-corrected chi connectivity index (χ1v) is 8.32. The van der Waals surface area contributed by atoms with Gasteiger partial charge in [0, 0.05) is 16.5 Å². The first kappa shape index (κ1) is 15.7. The van der Waals surface area contributed by atoms with Crippen molar-refractivity contribution in [2.75, 3.05) is 0 Å². The SMILES string of the molecule is Cc1cc(Cl)nc(C)c1C1=C(O)C2(CCC(S)CC2)NC1=O. The second-order valence-corrected chi connectivity index (χ2v) is 7.33. The summed E-state index contributed by atoms with van der Waals surface area (Å²) in [6.45, 7) is 3.68. The number of hydrogen-bond acceptors (Lipinski definition) is 4. The number of nitrogens with zero attached hydrogens (tertiary/aromatic N) is 1. The van der Waals surface area contributed by atoms with Crippen LogP contribution in [0.15, 0.2) is 11.8 Å². The molecule has 0 unspecified atom stereocenters. The number of aromatic nitrogens is 1. The molecule has 0 bridgehead atoms. The van der Waals surface area contributed by atoms with Gasteiger partial charge in [0.15, 0.2) is 0 Å². The second kappa shape index (κ2) is 5.46. The van der Waals surface area contributed by atoms with Crippen molar-refractivity contribution in [3.63, 3.8) is 0 Å². The van der Waals surface area contributed by atoms with Gasteiger partial charge in [-0.15, -0.1) is 0 Å². The molecule has 1 saturated carbocycles. The fourth-order valence-electron chi connectivity index (χ4n) is 3.54. The van der Waals surface area contributed by atoms with Gasteiger partial charge < -0.3 is 10.4 Å². The maximum absolute atomic E-state index is 12.5. The lowest BCUT2D eigenvalue weighted by atomic mass is 9.80. The standard InChI is InChI=1S/C16H19ClN2O2S/c1-8-7-11(17)18-9(2)12(8)13-14(20)16(19-15(13)21)5-3-10(22)4-6-16/h7,10,20,22H,3-6H2,1-2H3,(H,19,21). The Labute approximate surface area is 140 Å². The number of amides is 1. The van der Waals surface area contributed by atoms with Crippen LogP contribution in [0.2, 0.25) is 5.15 Å². The lowest BCUT2D eigenvalue weighted by Gasteiger charge is -2.35. The smallest absolute Gasteiger partial charge is 0.256 e. The Hall–Kier alpha value is -1.20. The lowest BCUT2D eigenvalue weighted by molar-refractivity contribution is -0.116. The number of aliphatic hydroxyl groups excluding tert-OH is 1. The normalized spacial score (nSPS) is 28.4. The van der Waals surface area contributed by atoms with E-state index in [1.54, 1.807) is 13.0 Å². The zero-order chi connectivity index (χ0) is 16.1. The van der Waals surface area contributed by atoms with Gasteiger partial charge in [-0.2, -0.15) is 12.6 Å². The highest BCUT2D eigenvalue weighted by Gasteiger charge is 2.48. The molecule has 0 radical (unpaired) electrons. The third kappa shape index (κ3) is 2.40. The van der Waals surface area contributed by atoms with Crippen molar-refractivity contribution < 1.29 is 9.90 Å². The Balaban J connectivity index is 2.10. The van der Waals surface area contributed by atoms with E-state index >= 15 is 0 Å². The Bertz CT molecular complexity index is 656. The number of aryl methyl sites for hydroxylation is 2. The topological polar surface area (TPSA) is 62.2 Å². The molecule has 22 heavy (non-hydrogen) atoms. The van der Waals surface area contributed by atoms with Gasteiger partial charge in [-0.25, -0.2) is 4.98 Å². The summed E-state index contributed by atoms with van der Waals surface area (Å²) in [5.74, 6) is -0.0847. The average molecular weight is 339 g/mol. The van der Waals surface area contributed by atoms with Crippen LogP contribution in [0.25, 0.3) is 5.57 Å². The molecule has 1 amide bonds. The van der Waals surface area contributed by atoms with E-state index in [1.165, 1.54) is 0 Å². The molecular weight excluding hydrogens is 320 g/mol. The van der Waals surface area contributed by atoms with Crippen LogP contribution < -0.4 is 5.32 Å². The minimum Gasteiger partial charge on any atom is -0.509 e. The summed E-state index contributed by atoms with van der Waals surface area (Å²) >= 11 is 10.5. The highest BCUT2D eigenvalue weighted by Crippen LogP contribution is 2.43. The maximum Gasteiger partial charge on any atom is 0.256 e. The highest BCUT2D eigenvalue weighted by molar-refractivity contribution is 7.80. The van der Waals surface area contributed by atoms with Crippen molar-refractivity contribution in [2.45, 2.75) is 50.3 Å². The van der Waals surface area contributed by atoms with Crippen LogP contribution in [0.5, 0.6) is 0 Å². The van der Waals surface area contributed by atoms with Gasteiger partial charge in [0.25, 0.3) is 5.91 Å². The largest absolute Gasteiger partial charge is 0.509 e. The lowest BCUT2D eigenvalue weighted by Crippen LogP contribution is -2.47. The van der Waals surface area contributed by atoms with Crippen molar-refractivity contribution >= 4 is 35.7 Å². The monoisotopic (exact) mass is 338 g/mol. The fourth-order valence-corrected chi connectivity index (χ4v) is 4.09. The van der Waals surface area contributed by atoms with Crippen LogP contribution in [-0.4, -0.2) is 26.8 Å². The summed E-state index contributed by atoms with van der Waals surface area (Å²) in [7, 11) is 0. The molecule has 0 saturated heterocycles. The molecule has 1 aliphatic carbocycles. The first-order valence-electron chi connectivity index (χ1n) is 7.42. The van der Waals surface area contributed by atoms with Crippen molar-refractivity contribution in [3.8, 4) is 0 Å². The molecule has 0 atom stereocenters. The molecule has 1 fully saturated rings. The molecule has 118 valence electrons. The number of aliphatic hydroxyl groups is 1. The zero-order valence-electron chi connectivity index (χ0n) is 12.6. The molecule has 2 aliphatic rings. The molecule has 3 rings (SSSR count). The Kier molecular flexibility index (Phi) is 3.89. The van der Waals surface area contributed by atoms with E-state index < -0.39 is 5.54 Å². The van der Waals surface area contributed by atoms with Crippen LogP contribution in [0, 0.1) is 13.8 Å². The number of hydrogen-bond donors (Lipinski definition) is 3. The van der Waals surface area contributed by atoms with Crippen molar-refractivity contribution in [2.24, 2.45) is 0 Å². The van der Waals surface area contributed by atoms with E-state index in [-0.39, 0.29) is 11.7 Å². The predicted molar refractivity (Wildman–Crippen MR) is 90.4 cm³/mol. The number of carbonyl (C=O) groups excluding carboxylic acids is 1. The molecule has 1 aromatic heterocycles. The Morgan fingerprint density at radius 1 is 1.41 bits per heavy atom. The van der Waals surface area contributed by atoms with Gasteiger partial charge in [0.05, 0.1) is 11.1 Å². The van der Waals surface area contributed by atoms with E-state index in [4.69, 9.17) is 11.6 Å². The summed E-state index contributed by atoms with van der Waals surface area (Å²) in [4.78, 5) is 16.7. The molecular formula is C16H19ClN2O2S. The van der Waals surface area contributed by atoms with Crippen molar-refractivity contribution in [3.05, 3.63) is 33.8 Å². The fraction of sp³-hybridized carbons (Fsp3) is 0.500. The average Bonchev–Trinajstić information content (AvgIpc) is 2.66. The Morgan fingerprint density at radius 3 is 2.64 bits per heavy atom. The molecule has 1 aliphatic heterocycles. The third-order valence-corrected chi connectivity index (χ3v) is 5.40.